The quantitative estimate of drug-likeness (QED) is 0.936. The summed E-state index contributed by atoms with van der Waals surface area (Å²) < 4.78 is 7.47. The zero-order chi connectivity index (χ0) is 14.0. The highest BCUT2D eigenvalue weighted by Gasteiger charge is 2.13. The first kappa shape index (κ1) is 13.9. The van der Waals surface area contributed by atoms with Crippen molar-refractivity contribution in [3.8, 4) is 5.75 Å². The zero-order valence-corrected chi connectivity index (χ0v) is 12.0. The maximum Gasteiger partial charge on any atom is 0.131 e. The number of hydrogen-bond acceptors (Lipinski definition) is 3. The smallest absolute Gasteiger partial charge is 0.131 e. The molecule has 0 saturated carbocycles. The number of aryl methyl sites for hydroxylation is 2. The Morgan fingerprint density at radius 3 is 2.68 bits per heavy atom. The molecule has 0 unspecified atom stereocenters. The summed E-state index contributed by atoms with van der Waals surface area (Å²) in [7, 11) is 1.83. The fraction of sp³-hybridized carbons (Fsp3) is 0.357. The average molecular weight is 281 g/mol. The molecule has 0 fully saturated rings. The third-order valence-corrected chi connectivity index (χ3v) is 3.49. The Hall–Kier alpha value is -1.52. The van der Waals surface area contributed by atoms with Crippen LogP contribution in [0.4, 0.5) is 0 Å². The van der Waals surface area contributed by atoms with Gasteiger partial charge in [-0.2, -0.15) is 5.10 Å². The maximum atomic E-state index is 9.69. The SMILES string of the molecule is Cc1nn(C)c(COc2ccccc2[C@@H](C)O)c1Cl. The molecule has 1 atom stereocenters. The molecule has 1 N–H and O–H groups in total. The van der Waals surface area contributed by atoms with Crippen LogP contribution in [0, 0.1) is 6.92 Å². The predicted molar refractivity (Wildman–Crippen MR) is 74.4 cm³/mol. The Morgan fingerprint density at radius 1 is 1.42 bits per heavy atom. The van der Waals surface area contributed by atoms with Gasteiger partial charge >= 0.3 is 0 Å². The average Bonchev–Trinajstić information content (AvgIpc) is 2.61. The van der Waals surface area contributed by atoms with E-state index in [-0.39, 0.29) is 0 Å². The summed E-state index contributed by atoms with van der Waals surface area (Å²) in [4.78, 5) is 0. The van der Waals surface area contributed by atoms with Crippen molar-refractivity contribution in [1.29, 1.82) is 0 Å². The maximum absolute atomic E-state index is 9.69. The number of aliphatic hydroxyl groups is 1. The number of benzene rings is 1. The van der Waals surface area contributed by atoms with Gasteiger partial charge in [-0.15, -0.1) is 0 Å². The Kier molecular flexibility index (Phi) is 4.12. The number of para-hydroxylation sites is 1. The molecule has 2 rings (SSSR count). The molecule has 0 aliphatic carbocycles. The third kappa shape index (κ3) is 2.91. The van der Waals surface area contributed by atoms with Gasteiger partial charge in [-0.1, -0.05) is 29.8 Å². The molecular weight excluding hydrogens is 264 g/mol. The standard InChI is InChI=1S/C14H17ClN2O2/c1-9-14(15)12(17(3)16-9)8-19-13-7-5-4-6-11(13)10(2)18/h4-7,10,18H,8H2,1-3H3/t10-/m1/s1. The van der Waals surface area contributed by atoms with Crippen molar-refractivity contribution in [2.45, 2.75) is 26.6 Å². The first-order chi connectivity index (χ1) is 9.00. The van der Waals surface area contributed by atoms with E-state index in [4.69, 9.17) is 16.3 Å². The lowest BCUT2D eigenvalue weighted by Gasteiger charge is -2.13. The van der Waals surface area contributed by atoms with Gasteiger partial charge in [-0.05, 0) is 19.9 Å². The minimum absolute atomic E-state index is 0.319. The van der Waals surface area contributed by atoms with Gasteiger partial charge in [0.05, 0.1) is 22.5 Å². The van der Waals surface area contributed by atoms with Crippen LogP contribution in [0.5, 0.6) is 5.75 Å². The molecule has 19 heavy (non-hydrogen) atoms. The van der Waals surface area contributed by atoms with Crippen LogP contribution in [0.1, 0.15) is 30.0 Å². The van der Waals surface area contributed by atoms with Gasteiger partial charge in [-0.3, -0.25) is 4.68 Å². The van der Waals surface area contributed by atoms with E-state index in [0.29, 0.717) is 17.4 Å². The second-order valence-corrected chi connectivity index (χ2v) is 4.85. The second-order valence-electron chi connectivity index (χ2n) is 4.47. The highest BCUT2D eigenvalue weighted by atomic mass is 35.5. The number of ether oxygens (including phenoxy) is 1. The molecule has 1 aromatic carbocycles. The van der Waals surface area contributed by atoms with Crippen molar-refractivity contribution in [3.05, 3.63) is 46.2 Å². The van der Waals surface area contributed by atoms with Crippen LogP contribution in [-0.4, -0.2) is 14.9 Å². The van der Waals surface area contributed by atoms with Crippen molar-refractivity contribution < 1.29 is 9.84 Å². The van der Waals surface area contributed by atoms with Crippen LogP contribution in [-0.2, 0) is 13.7 Å². The molecule has 0 bridgehead atoms. The second kappa shape index (κ2) is 5.63. The molecule has 1 heterocycles. The molecule has 1 aromatic heterocycles. The summed E-state index contributed by atoms with van der Waals surface area (Å²) in [6, 6.07) is 7.42. The first-order valence-corrected chi connectivity index (χ1v) is 6.46. The van der Waals surface area contributed by atoms with Crippen LogP contribution in [0.25, 0.3) is 0 Å². The lowest BCUT2D eigenvalue weighted by Crippen LogP contribution is -2.05. The highest BCUT2D eigenvalue weighted by Crippen LogP contribution is 2.27. The molecule has 0 aliphatic heterocycles. The fourth-order valence-electron chi connectivity index (χ4n) is 1.94. The van der Waals surface area contributed by atoms with Crippen molar-refractivity contribution >= 4 is 11.6 Å². The zero-order valence-electron chi connectivity index (χ0n) is 11.2. The van der Waals surface area contributed by atoms with Gasteiger partial charge in [-0.25, -0.2) is 0 Å². The van der Waals surface area contributed by atoms with Gasteiger partial charge in [0.2, 0.25) is 0 Å². The highest BCUT2D eigenvalue weighted by molar-refractivity contribution is 6.31. The van der Waals surface area contributed by atoms with Crippen LogP contribution >= 0.6 is 11.6 Å². The largest absolute Gasteiger partial charge is 0.487 e. The van der Waals surface area contributed by atoms with E-state index in [1.807, 2.05) is 38.2 Å². The number of halogens is 1. The van der Waals surface area contributed by atoms with Crippen molar-refractivity contribution in [3.63, 3.8) is 0 Å². The number of nitrogens with zero attached hydrogens (tertiary/aromatic N) is 2. The lowest BCUT2D eigenvalue weighted by atomic mass is 10.1. The molecule has 0 saturated heterocycles. The topological polar surface area (TPSA) is 47.3 Å². The summed E-state index contributed by atoms with van der Waals surface area (Å²) in [6.45, 7) is 3.89. The molecule has 4 nitrogen and oxygen atoms in total. The molecule has 2 aromatic rings. The predicted octanol–water partition coefficient (Wildman–Crippen LogP) is 3.01. The van der Waals surface area contributed by atoms with E-state index in [9.17, 15) is 5.11 Å². The third-order valence-electron chi connectivity index (χ3n) is 3.00. The molecular formula is C14H17ClN2O2. The van der Waals surface area contributed by atoms with E-state index in [0.717, 1.165) is 17.0 Å². The summed E-state index contributed by atoms with van der Waals surface area (Å²) in [6.07, 6.45) is -0.569. The molecule has 0 radical (unpaired) electrons. The lowest BCUT2D eigenvalue weighted by molar-refractivity contribution is 0.189. The van der Waals surface area contributed by atoms with Crippen molar-refractivity contribution in [2.24, 2.45) is 7.05 Å². The van der Waals surface area contributed by atoms with Crippen LogP contribution in [0.3, 0.4) is 0 Å². The minimum atomic E-state index is -0.569. The van der Waals surface area contributed by atoms with E-state index in [1.54, 1.807) is 11.6 Å². The molecule has 5 heteroatoms. The van der Waals surface area contributed by atoms with E-state index in [1.165, 1.54) is 0 Å². The van der Waals surface area contributed by atoms with Crippen LogP contribution < -0.4 is 4.74 Å². The van der Waals surface area contributed by atoms with E-state index < -0.39 is 6.10 Å². The Bertz CT molecular complexity index is 579. The molecule has 0 spiro atoms. The molecule has 0 aliphatic rings. The Balaban J connectivity index is 2.19. The first-order valence-electron chi connectivity index (χ1n) is 6.08. The number of aliphatic hydroxyl groups excluding tert-OH is 1. The normalized spacial score (nSPS) is 12.5. The number of aromatic nitrogens is 2. The van der Waals surface area contributed by atoms with E-state index >= 15 is 0 Å². The summed E-state index contributed by atoms with van der Waals surface area (Å²) in [5.41, 5.74) is 2.36. The van der Waals surface area contributed by atoms with Crippen LogP contribution in [0.2, 0.25) is 5.02 Å². The van der Waals surface area contributed by atoms with E-state index in [2.05, 4.69) is 5.10 Å². The fourth-order valence-corrected chi connectivity index (χ4v) is 2.15. The summed E-state index contributed by atoms with van der Waals surface area (Å²) in [5, 5.41) is 14.5. The number of hydrogen-bond donors (Lipinski definition) is 1. The molecule has 102 valence electrons. The van der Waals surface area contributed by atoms with Gasteiger partial charge in [0, 0.05) is 12.6 Å². The van der Waals surface area contributed by atoms with Gasteiger partial charge in [0.1, 0.15) is 12.4 Å². The Labute approximate surface area is 117 Å². The van der Waals surface area contributed by atoms with Crippen LogP contribution in [0.15, 0.2) is 24.3 Å². The molecule has 0 amide bonds. The van der Waals surface area contributed by atoms with Crippen molar-refractivity contribution in [1.82, 2.24) is 9.78 Å². The minimum Gasteiger partial charge on any atom is -0.487 e. The summed E-state index contributed by atoms with van der Waals surface area (Å²) in [5.74, 6) is 0.660. The van der Waals surface area contributed by atoms with Gasteiger partial charge in [0.15, 0.2) is 0 Å². The van der Waals surface area contributed by atoms with Crippen molar-refractivity contribution in [2.75, 3.05) is 0 Å². The monoisotopic (exact) mass is 280 g/mol. The van der Waals surface area contributed by atoms with Gasteiger partial charge < -0.3 is 9.84 Å². The van der Waals surface area contributed by atoms with Gasteiger partial charge in [0.25, 0.3) is 0 Å². The number of rotatable bonds is 4. The summed E-state index contributed by atoms with van der Waals surface area (Å²) >= 11 is 6.17. The Morgan fingerprint density at radius 2 is 2.11 bits per heavy atom.